The molecule has 2 aliphatic rings. The standard InChI is InChI=1S/C22H37NO7/c24-9-5-10-26-12-14-28-16-17-29-15-13-27-11-8-23-22(25)30-18-21-19-6-3-1-2-4-7-20(19)21/h1-2,9,19-21H,3-8,10-18H2,(H,23,25). The first-order valence-corrected chi connectivity index (χ1v) is 11.1. The number of hydrogen-bond donors (Lipinski definition) is 1. The van der Waals surface area contributed by atoms with Gasteiger partial charge >= 0.3 is 6.09 Å². The molecule has 2 atom stereocenters. The number of fused-ring (bicyclic) bond motifs is 1. The third kappa shape index (κ3) is 11.1. The normalized spacial score (nSPS) is 22.6. The smallest absolute Gasteiger partial charge is 0.407 e. The number of alkyl carbamates (subject to hydrolysis) is 1. The van der Waals surface area contributed by atoms with Gasteiger partial charge in [0.1, 0.15) is 6.29 Å². The second-order valence-corrected chi connectivity index (χ2v) is 7.55. The Balaban J connectivity index is 1.29. The van der Waals surface area contributed by atoms with E-state index in [1.807, 2.05) is 0 Å². The highest BCUT2D eigenvalue weighted by Gasteiger charge is 2.49. The van der Waals surface area contributed by atoms with Gasteiger partial charge in [0, 0.05) is 13.0 Å². The van der Waals surface area contributed by atoms with Gasteiger partial charge in [0.25, 0.3) is 0 Å². The predicted octanol–water partition coefficient (Wildman–Crippen LogP) is 2.36. The lowest BCUT2D eigenvalue weighted by Crippen LogP contribution is -2.29. The Kier molecular flexibility index (Phi) is 13.4. The largest absolute Gasteiger partial charge is 0.449 e. The molecule has 172 valence electrons. The summed E-state index contributed by atoms with van der Waals surface area (Å²) in [7, 11) is 0. The first-order valence-electron chi connectivity index (χ1n) is 11.1. The van der Waals surface area contributed by atoms with E-state index < -0.39 is 0 Å². The van der Waals surface area contributed by atoms with Gasteiger partial charge in [0.2, 0.25) is 0 Å². The highest BCUT2D eigenvalue weighted by atomic mass is 16.6. The van der Waals surface area contributed by atoms with E-state index in [1.54, 1.807) is 0 Å². The van der Waals surface area contributed by atoms with Crippen LogP contribution < -0.4 is 5.32 Å². The third-order valence-electron chi connectivity index (χ3n) is 5.43. The van der Waals surface area contributed by atoms with Crippen molar-refractivity contribution in [1.82, 2.24) is 5.32 Å². The molecule has 0 aromatic rings. The summed E-state index contributed by atoms with van der Waals surface area (Å²) in [6.07, 6.45) is 10.2. The maximum atomic E-state index is 11.8. The van der Waals surface area contributed by atoms with Gasteiger partial charge in [-0.2, -0.15) is 0 Å². The van der Waals surface area contributed by atoms with E-state index in [2.05, 4.69) is 17.5 Å². The number of allylic oxidation sites excluding steroid dienone is 2. The van der Waals surface area contributed by atoms with Crippen LogP contribution in [0.3, 0.4) is 0 Å². The summed E-state index contributed by atoms with van der Waals surface area (Å²) < 4.78 is 26.7. The second kappa shape index (κ2) is 16.2. The molecule has 1 amide bonds. The van der Waals surface area contributed by atoms with Crippen LogP contribution in [0.25, 0.3) is 0 Å². The molecule has 0 spiro atoms. The topological polar surface area (TPSA) is 92.3 Å². The zero-order valence-corrected chi connectivity index (χ0v) is 17.9. The van der Waals surface area contributed by atoms with Gasteiger partial charge in [-0.15, -0.1) is 0 Å². The summed E-state index contributed by atoms with van der Waals surface area (Å²) in [5.74, 6) is 2.01. The fraction of sp³-hybridized carbons (Fsp3) is 0.818. The Labute approximate surface area is 179 Å². The van der Waals surface area contributed by atoms with Crippen molar-refractivity contribution >= 4 is 12.4 Å². The van der Waals surface area contributed by atoms with E-state index in [1.165, 1.54) is 12.8 Å². The number of rotatable bonds is 17. The highest BCUT2D eigenvalue weighted by Crippen LogP contribution is 2.52. The minimum atomic E-state index is -0.362. The van der Waals surface area contributed by atoms with E-state index in [4.69, 9.17) is 23.7 Å². The average Bonchev–Trinajstić information content (AvgIpc) is 3.38. The summed E-state index contributed by atoms with van der Waals surface area (Å²) >= 11 is 0. The summed E-state index contributed by atoms with van der Waals surface area (Å²) in [6.45, 7) is 4.70. The fourth-order valence-corrected chi connectivity index (χ4v) is 3.78. The van der Waals surface area contributed by atoms with Crippen LogP contribution in [0.15, 0.2) is 12.2 Å². The van der Waals surface area contributed by atoms with Crippen molar-refractivity contribution in [3.05, 3.63) is 12.2 Å². The van der Waals surface area contributed by atoms with Gasteiger partial charge in [0.05, 0.1) is 59.5 Å². The van der Waals surface area contributed by atoms with Crippen LogP contribution in [0, 0.1) is 17.8 Å². The SMILES string of the molecule is O=CCCOCCOCCOCCOCCNC(=O)OCC1C2CCC=CCCC21. The molecular formula is C22H37NO7. The molecule has 0 radical (unpaired) electrons. The lowest BCUT2D eigenvalue weighted by molar-refractivity contribution is -0.108. The van der Waals surface area contributed by atoms with Crippen LogP contribution >= 0.6 is 0 Å². The molecular weight excluding hydrogens is 390 g/mol. The average molecular weight is 428 g/mol. The molecule has 8 heteroatoms. The molecule has 2 rings (SSSR count). The molecule has 0 saturated heterocycles. The Morgan fingerprint density at radius 1 is 0.833 bits per heavy atom. The lowest BCUT2D eigenvalue weighted by atomic mass is 10.1. The molecule has 1 fully saturated rings. The van der Waals surface area contributed by atoms with Crippen molar-refractivity contribution in [2.24, 2.45) is 17.8 Å². The summed E-state index contributed by atoms with van der Waals surface area (Å²) in [4.78, 5) is 21.9. The predicted molar refractivity (Wildman–Crippen MR) is 111 cm³/mol. The van der Waals surface area contributed by atoms with Crippen LogP contribution in [0.4, 0.5) is 4.79 Å². The lowest BCUT2D eigenvalue weighted by Gasteiger charge is -2.08. The number of hydrogen-bond acceptors (Lipinski definition) is 7. The second-order valence-electron chi connectivity index (χ2n) is 7.55. The zero-order valence-electron chi connectivity index (χ0n) is 17.9. The molecule has 0 aromatic carbocycles. The number of nitrogens with one attached hydrogen (secondary N) is 1. The van der Waals surface area contributed by atoms with Crippen molar-refractivity contribution in [3.8, 4) is 0 Å². The quantitative estimate of drug-likeness (QED) is 0.216. The van der Waals surface area contributed by atoms with Gasteiger partial charge in [-0.1, -0.05) is 12.2 Å². The zero-order chi connectivity index (χ0) is 21.3. The van der Waals surface area contributed by atoms with Gasteiger partial charge in [-0.3, -0.25) is 0 Å². The van der Waals surface area contributed by atoms with Gasteiger partial charge in [0.15, 0.2) is 0 Å². The number of ether oxygens (including phenoxy) is 5. The van der Waals surface area contributed by atoms with Gasteiger partial charge in [-0.25, -0.2) is 4.79 Å². The first-order chi connectivity index (χ1) is 14.8. The molecule has 0 aromatic heterocycles. The molecule has 30 heavy (non-hydrogen) atoms. The number of aldehydes is 1. The Hall–Kier alpha value is -1.48. The van der Waals surface area contributed by atoms with E-state index in [9.17, 15) is 9.59 Å². The van der Waals surface area contributed by atoms with E-state index in [0.717, 1.165) is 31.0 Å². The van der Waals surface area contributed by atoms with Crippen molar-refractivity contribution < 1.29 is 33.3 Å². The van der Waals surface area contributed by atoms with Crippen molar-refractivity contribution in [3.63, 3.8) is 0 Å². The van der Waals surface area contributed by atoms with Crippen LogP contribution in [-0.4, -0.2) is 78.4 Å². The Morgan fingerprint density at radius 2 is 1.37 bits per heavy atom. The van der Waals surface area contributed by atoms with Crippen molar-refractivity contribution in [2.75, 3.05) is 66.0 Å². The maximum Gasteiger partial charge on any atom is 0.407 e. The molecule has 0 aliphatic heterocycles. The van der Waals surface area contributed by atoms with Crippen LogP contribution in [0.2, 0.25) is 0 Å². The molecule has 1 N–H and O–H groups in total. The van der Waals surface area contributed by atoms with E-state index >= 15 is 0 Å². The molecule has 0 heterocycles. The molecule has 2 aliphatic carbocycles. The number of carbonyl (C=O) groups excluding carboxylic acids is 2. The van der Waals surface area contributed by atoms with Gasteiger partial charge in [-0.05, 0) is 43.4 Å². The minimum absolute atomic E-state index is 0.362. The monoisotopic (exact) mass is 427 g/mol. The Morgan fingerprint density at radius 3 is 1.93 bits per heavy atom. The Bertz CT molecular complexity index is 484. The number of amides is 1. The van der Waals surface area contributed by atoms with Crippen molar-refractivity contribution in [1.29, 1.82) is 0 Å². The summed E-state index contributed by atoms with van der Waals surface area (Å²) in [6, 6.07) is 0. The van der Waals surface area contributed by atoms with E-state index in [0.29, 0.717) is 78.3 Å². The van der Waals surface area contributed by atoms with Crippen molar-refractivity contribution in [2.45, 2.75) is 32.1 Å². The van der Waals surface area contributed by atoms with Crippen LogP contribution in [-0.2, 0) is 28.5 Å². The highest BCUT2D eigenvalue weighted by molar-refractivity contribution is 5.67. The molecule has 8 nitrogen and oxygen atoms in total. The first kappa shape index (κ1) is 24.8. The number of carbonyl (C=O) groups is 2. The third-order valence-corrected chi connectivity index (χ3v) is 5.43. The fourth-order valence-electron chi connectivity index (χ4n) is 3.78. The molecule has 0 bridgehead atoms. The van der Waals surface area contributed by atoms with Gasteiger partial charge < -0.3 is 33.8 Å². The summed E-state index contributed by atoms with van der Waals surface area (Å²) in [5.41, 5.74) is 0. The molecule has 2 unspecified atom stereocenters. The van der Waals surface area contributed by atoms with E-state index in [-0.39, 0.29) is 6.09 Å². The maximum absolute atomic E-state index is 11.8. The molecule has 1 saturated carbocycles. The minimum Gasteiger partial charge on any atom is -0.449 e. The summed E-state index contributed by atoms with van der Waals surface area (Å²) in [5, 5.41) is 2.72. The van der Waals surface area contributed by atoms with Crippen LogP contribution in [0.1, 0.15) is 32.1 Å². The van der Waals surface area contributed by atoms with Crippen LogP contribution in [0.5, 0.6) is 0 Å².